The van der Waals surface area contributed by atoms with Crippen molar-refractivity contribution >= 4 is 26.8 Å². The number of benzene rings is 1. The zero-order valence-electron chi connectivity index (χ0n) is 21.6. The summed E-state index contributed by atoms with van der Waals surface area (Å²) in [5.74, 6) is 0.480. The van der Waals surface area contributed by atoms with Crippen LogP contribution in [0.3, 0.4) is 0 Å². The second kappa shape index (κ2) is 9.36. The third kappa shape index (κ3) is 4.94. The topological polar surface area (TPSA) is 139 Å². The summed E-state index contributed by atoms with van der Waals surface area (Å²) < 4.78 is 33.4. The molecule has 0 aliphatic heterocycles. The van der Waals surface area contributed by atoms with Crippen LogP contribution in [-0.4, -0.2) is 38.7 Å². The van der Waals surface area contributed by atoms with Crippen LogP contribution < -0.4 is 15.9 Å². The molecule has 2 aliphatic rings. The van der Waals surface area contributed by atoms with Crippen molar-refractivity contribution < 1.29 is 8.42 Å². The molecule has 0 spiro atoms. The van der Waals surface area contributed by atoms with Gasteiger partial charge in [-0.2, -0.15) is 5.10 Å². The number of nitrogens with zero attached hydrogens (tertiary/aromatic N) is 4. The van der Waals surface area contributed by atoms with Crippen molar-refractivity contribution in [2.24, 2.45) is 18.9 Å². The molecule has 2 heterocycles. The fourth-order valence-electron chi connectivity index (χ4n) is 5.39. The van der Waals surface area contributed by atoms with Gasteiger partial charge in [0.2, 0.25) is 15.6 Å². The van der Waals surface area contributed by atoms with Crippen LogP contribution in [-0.2, 0) is 23.6 Å². The highest BCUT2D eigenvalue weighted by molar-refractivity contribution is 7.89. The number of nitrogens with one attached hydrogen (secondary N) is 3. The summed E-state index contributed by atoms with van der Waals surface area (Å²) in [4.78, 5) is 13.7. The Bertz CT molecular complexity index is 1590. The van der Waals surface area contributed by atoms with Crippen LogP contribution in [0.4, 0.5) is 0 Å². The van der Waals surface area contributed by atoms with Crippen LogP contribution >= 0.6 is 0 Å². The fraction of sp³-hybridized carbons (Fsp3) is 0.538. The molecule has 198 valence electrons. The molecule has 37 heavy (non-hydrogen) atoms. The number of sulfonamides is 1. The fourth-order valence-corrected chi connectivity index (χ4v) is 6.88. The highest BCUT2D eigenvalue weighted by atomic mass is 32.2. The van der Waals surface area contributed by atoms with Crippen molar-refractivity contribution in [3.63, 3.8) is 0 Å². The molecule has 2 fully saturated rings. The molecule has 1 atom stereocenters. The van der Waals surface area contributed by atoms with E-state index in [4.69, 9.17) is 10.8 Å². The predicted molar refractivity (Wildman–Crippen MR) is 141 cm³/mol. The molecule has 0 bridgehead atoms. The van der Waals surface area contributed by atoms with Crippen LogP contribution in [0.25, 0.3) is 10.9 Å². The Hall–Kier alpha value is -3.05. The maximum Gasteiger partial charge on any atom is 0.263 e. The standard InChI is InChI=1S/C26H35N7O3S/c1-17(19-7-5-4-6-8-19)23(27)33-22-10-9-20(37(35,36)30-26(2)11-12-26)13-21(22)24(34)32(25(33)28)16-18-14-29-31(3)15-18/h9-10,13-15,17,19,27-28,30H,4-8,11-12,16H2,1-3H3. The molecule has 3 N–H and O–H groups in total. The Balaban J connectivity index is 1.67. The van der Waals surface area contributed by atoms with E-state index in [1.807, 2.05) is 13.8 Å². The molecular formula is C26H35N7O3S. The first-order chi connectivity index (χ1) is 17.5. The Morgan fingerprint density at radius 1 is 1.24 bits per heavy atom. The lowest BCUT2D eigenvalue weighted by Gasteiger charge is -2.29. The van der Waals surface area contributed by atoms with Gasteiger partial charge in [-0.15, -0.1) is 0 Å². The van der Waals surface area contributed by atoms with Gasteiger partial charge in [0.05, 0.1) is 28.5 Å². The highest BCUT2D eigenvalue weighted by Gasteiger charge is 2.41. The molecule has 0 saturated heterocycles. The second-order valence-corrected chi connectivity index (χ2v) is 12.7. The zero-order valence-corrected chi connectivity index (χ0v) is 22.4. The van der Waals surface area contributed by atoms with Gasteiger partial charge in [0.25, 0.3) is 5.56 Å². The highest BCUT2D eigenvalue weighted by Crippen LogP contribution is 2.36. The van der Waals surface area contributed by atoms with E-state index in [1.54, 1.807) is 30.2 Å². The normalized spacial score (nSPS) is 18.7. The van der Waals surface area contributed by atoms with E-state index < -0.39 is 21.1 Å². The van der Waals surface area contributed by atoms with Crippen molar-refractivity contribution in [3.8, 4) is 0 Å². The van der Waals surface area contributed by atoms with Crippen LogP contribution in [0, 0.1) is 22.7 Å². The Labute approximate surface area is 216 Å². The summed E-state index contributed by atoms with van der Waals surface area (Å²) in [5, 5.41) is 22.5. The molecule has 1 aromatic carbocycles. The van der Waals surface area contributed by atoms with E-state index >= 15 is 0 Å². The molecule has 5 rings (SSSR count). The maximum atomic E-state index is 13.7. The third-order valence-corrected chi connectivity index (χ3v) is 9.61. The number of aryl methyl sites for hydroxylation is 1. The number of hydrogen-bond acceptors (Lipinski definition) is 6. The van der Waals surface area contributed by atoms with Gasteiger partial charge in [0.15, 0.2) is 0 Å². The molecule has 2 aromatic heterocycles. The molecule has 1 unspecified atom stereocenters. The van der Waals surface area contributed by atoms with E-state index in [9.17, 15) is 13.2 Å². The number of rotatable bonds is 7. The largest absolute Gasteiger partial charge is 0.288 e. The van der Waals surface area contributed by atoms with Crippen LogP contribution in [0.5, 0.6) is 0 Å². The Morgan fingerprint density at radius 3 is 2.57 bits per heavy atom. The summed E-state index contributed by atoms with van der Waals surface area (Å²) in [5.41, 5.74) is 0.0994. The van der Waals surface area contributed by atoms with Gasteiger partial charge in [0, 0.05) is 30.3 Å². The monoisotopic (exact) mass is 525 g/mol. The molecule has 0 amide bonds. The van der Waals surface area contributed by atoms with Gasteiger partial charge in [0.1, 0.15) is 5.84 Å². The first-order valence-corrected chi connectivity index (χ1v) is 14.4. The summed E-state index contributed by atoms with van der Waals surface area (Å²) in [6.45, 7) is 3.98. The molecular weight excluding hydrogens is 490 g/mol. The Morgan fingerprint density at radius 2 is 1.95 bits per heavy atom. The van der Waals surface area contributed by atoms with Gasteiger partial charge < -0.3 is 0 Å². The third-order valence-electron chi connectivity index (χ3n) is 7.97. The van der Waals surface area contributed by atoms with Crippen molar-refractivity contribution in [1.29, 1.82) is 10.8 Å². The Kier molecular flexibility index (Phi) is 6.47. The summed E-state index contributed by atoms with van der Waals surface area (Å²) in [6.07, 6.45) is 10.5. The van der Waals surface area contributed by atoms with Gasteiger partial charge in [-0.3, -0.25) is 29.4 Å². The van der Waals surface area contributed by atoms with Crippen LogP contribution in [0.2, 0.25) is 0 Å². The molecule has 0 radical (unpaired) electrons. The average molecular weight is 526 g/mol. The second-order valence-electron chi connectivity index (χ2n) is 11.0. The van der Waals surface area contributed by atoms with Crippen molar-refractivity contribution in [2.45, 2.75) is 75.8 Å². The van der Waals surface area contributed by atoms with Crippen molar-refractivity contribution in [3.05, 3.63) is 52.1 Å². The summed E-state index contributed by atoms with van der Waals surface area (Å²) in [7, 11) is -2.05. The molecule has 11 heteroatoms. The molecule has 3 aromatic rings. The molecule has 2 saturated carbocycles. The summed E-state index contributed by atoms with van der Waals surface area (Å²) >= 11 is 0. The van der Waals surface area contributed by atoms with Crippen LogP contribution in [0.1, 0.15) is 64.4 Å². The van der Waals surface area contributed by atoms with E-state index in [-0.39, 0.29) is 34.2 Å². The predicted octanol–water partition coefficient (Wildman–Crippen LogP) is 2.94. The van der Waals surface area contributed by atoms with Crippen molar-refractivity contribution in [1.82, 2.24) is 23.6 Å². The summed E-state index contributed by atoms with van der Waals surface area (Å²) in [6, 6.07) is 4.42. The first kappa shape index (κ1) is 25.6. The van der Waals surface area contributed by atoms with E-state index in [0.717, 1.165) is 44.1 Å². The lowest BCUT2D eigenvalue weighted by Crippen LogP contribution is -2.45. The van der Waals surface area contributed by atoms with E-state index in [1.165, 1.54) is 27.7 Å². The number of fused-ring (bicyclic) bond motifs is 1. The maximum absolute atomic E-state index is 13.7. The number of aromatic nitrogens is 4. The van der Waals surface area contributed by atoms with Gasteiger partial charge in [-0.25, -0.2) is 13.1 Å². The molecule has 10 nitrogen and oxygen atoms in total. The minimum atomic E-state index is -3.83. The molecule has 2 aliphatic carbocycles. The van der Waals surface area contributed by atoms with Gasteiger partial charge >= 0.3 is 0 Å². The zero-order chi connectivity index (χ0) is 26.5. The first-order valence-electron chi connectivity index (χ1n) is 12.9. The minimum Gasteiger partial charge on any atom is -0.288 e. The average Bonchev–Trinajstić information content (AvgIpc) is 3.44. The lowest BCUT2D eigenvalue weighted by molar-refractivity contribution is 0.308. The van der Waals surface area contributed by atoms with E-state index in [2.05, 4.69) is 9.82 Å². The minimum absolute atomic E-state index is 0.00860. The van der Waals surface area contributed by atoms with Crippen LogP contribution in [0.15, 0.2) is 40.3 Å². The van der Waals surface area contributed by atoms with E-state index in [0.29, 0.717) is 11.4 Å². The lowest BCUT2D eigenvalue weighted by atomic mass is 9.80. The van der Waals surface area contributed by atoms with Gasteiger partial charge in [-0.1, -0.05) is 26.2 Å². The van der Waals surface area contributed by atoms with Crippen molar-refractivity contribution in [2.75, 3.05) is 0 Å². The number of hydrogen-bond donors (Lipinski definition) is 3. The van der Waals surface area contributed by atoms with Gasteiger partial charge in [-0.05, 0) is 56.7 Å². The quantitative estimate of drug-likeness (QED) is 0.322. The smallest absolute Gasteiger partial charge is 0.263 e. The SMILES string of the molecule is CC(C(=N)n1c(=N)n(Cc2cnn(C)c2)c(=O)c2cc(S(=O)(=O)NC3(C)CC3)ccc21)C1CCCCC1.